The fourth-order valence-electron chi connectivity index (χ4n) is 6.36. The summed E-state index contributed by atoms with van der Waals surface area (Å²) in [4.78, 5) is 31.8. The van der Waals surface area contributed by atoms with Crippen molar-refractivity contribution in [3.63, 3.8) is 0 Å². The maximum Gasteiger partial charge on any atom is 0.414 e. The number of carbonyl (C=O) groups is 2. The van der Waals surface area contributed by atoms with Crippen LogP contribution in [0.25, 0.3) is 6.08 Å². The fraction of sp³-hybridized carbons (Fsp3) is 0.656. The molecule has 1 aromatic carbocycles. The van der Waals surface area contributed by atoms with Crippen molar-refractivity contribution in [3.8, 4) is 0 Å². The molecule has 2 heterocycles. The van der Waals surface area contributed by atoms with Crippen LogP contribution in [0.15, 0.2) is 22.5 Å². The summed E-state index contributed by atoms with van der Waals surface area (Å²) in [5.74, 6) is 0.395. The summed E-state index contributed by atoms with van der Waals surface area (Å²) in [7, 11) is -2.17. The molecule has 2 amide bonds. The van der Waals surface area contributed by atoms with Crippen molar-refractivity contribution < 1.29 is 35.9 Å². The third-order valence-electron chi connectivity index (χ3n) is 9.02. The molecule has 1 N–H and O–H groups in total. The SMILES string of the molecule is Cc1cc(N(C)C(=O)OC(C)(C)C)cc(C)c1C=CS(=O)(=O)N1CCC2(CC1)N=C(C1CCC(CCC(F)(F)F)CC1)NC2=O. The number of hydrogen-bond acceptors (Lipinski definition) is 6. The Morgan fingerprint density at radius 2 is 1.69 bits per heavy atom. The van der Waals surface area contributed by atoms with E-state index in [1.165, 1.54) is 14.6 Å². The highest BCUT2D eigenvalue weighted by atomic mass is 32.2. The summed E-state index contributed by atoms with van der Waals surface area (Å²) >= 11 is 0. The molecule has 250 valence electrons. The van der Waals surface area contributed by atoms with E-state index in [0.717, 1.165) is 16.7 Å². The molecule has 1 saturated heterocycles. The number of anilines is 1. The number of nitrogens with zero attached hydrogens (tertiary/aromatic N) is 3. The van der Waals surface area contributed by atoms with Gasteiger partial charge in [0.25, 0.3) is 5.91 Å². The molecule has 0 radical (unpaired) electrons. The molecule has 9 nitrogen and oxygen atoms in total. The Hall–Kier alpha value is -2.93. The van der Waals surface area contributed by atoms with E-state index in [1.807, 2.05) is 13.8 Å². The first-order valence-corrected chi connectivity index (χ1v) is 17.0. The number of alkyl halides is 3. The van der Waals surface area contributed by atoms with Gasteiger partial charge in [-0.25, -0.2) is 13.2 Å². The van der Waals surface area contributed by atoms with E-state index in [9.17, 15) is 31.2 Å². The van der Waals surface area contributed by atoms with E-state index in [2.05, 4.69) is 5.32 Å². The Morgan fingerprint density at radius 1 is 1.11 bits per heavy atom. The monoisotopic (exact) mass is 654 g/mol. The zero-order valence-corrected chi connectivity index (χ0v) is 27.8. The van der Waals surface area contributed by atoms with Crippen LogP contribution in [0, 0.1) is 25.7 Å². The van der Waals surface area contributed by atoms with Gasteiger partial charge in [-0.3, -0.25) is 14.7 Å². The smallest absolute Gasteiger partial charge is 0.414 e. The molecular weight excluding hydrogens is 609 g/mol. The molecule has 2 aliphatic heterocycles. The number of carbonyl (C=O) groups excluding carboxylic acids is 2. The lowest BCUT2D eigenvalue weighted by Crippen LogP contribution is -2.50. The van der Waals surface area contributed by atoms with Crippen LogP contribution in [0.4, 0.5) is 23.7 Å². The van der Waals surface area contributed by atoms with Crippen LogP contribution in [0.2, 0.25) is 0 Å². The van der Waals surface area contributed by atoms with Crippen LogP contribution < -0.4 is 10.2 Å². The van der Waals surface area contributed by atoms with Gasteiger partial charge in [0.15, 0.2) is 0 Å². The molecule has 0 unspecified atom stereocenters. The highest BCUT2D eigenvalue weighted by Crippen LogP contribution is 2.38. The van der Waals surface area contributed by atoms with Gasteiger partial charge in [0.2, 0.25) is 10.0 Å². The van der Waals surface area contributed by atoms with E-state index in [1.54, 1.807) is 46.0 Å². The van der Waals surface area contributed by atoms with E-state index in [-0.39, 0.29) is 50.1 Å². The molecule has 0 aromatic heterocycles. The van der Waals surface area contributed by atoms with E-state index in [4.69, 9.17) is 9.73 Å². The molecule has 4 rings (SSSR count). The third-order valence-corrected chi connectivity index (χ3v) is 10.6. The van der Waals surface area contributed by atoms with E-state index < -0.39 is 39.9 Å². The molecular formula is C32H45F3N4O5S. The fourth-order valence-corrected chi connectivity index (χ4v) is 7.53. The number of hydrogen-bond donors (Lipinski definition) is 1. The van der Waals surface area contributed by atoms with Crippen LogP contribution in [-0.4, -0.2) is 68.0 Å². The summed E-state index contributed by atoms with van der Waals surface area (Å²) in [5, 5.41) is 4.09. The van der Waals surface area contributed by atoms with Gasteiger partial charge in [0.1, 0.15) is 17.0 Å². The van der Waals surface area contributed by atoms with Gasteiger partial charge in [-0.1, -0.05) is 0 Å². The minimum absolute atomic E-state index is 0.00180. The van der Waals surface area contributed by atoms with Crippen molar-refractivity contribution >= 4 is 39.6 Å². The second-order valence-corrected chi connectivity index (χ2v) is 15.5. The van der Waals surface area contributed by atoms with Crippen LogP contribution in [-0.2, 0) is 19.6 Å². The Bertz CT molecular complexity index is 1430. The number of rotatable bonds is 7. The number of sulfonamides is 1. The lowest BCUT2D eigenvalue weighted by Gasteiger charge is -2.34. The zero-order valence-electron chi connectivity index (χ0n) is 27.0. The Balaban J connectivity index is 1.37. The predicted octanol–water partition coefficient (Wildman–Crippen LogP) is 6.49. The second kappa shape index (κ2) is 13.1. The molecule has 1 saturated carbocycles. The molecule has 13 heteroatoms. The number of nitrogens with one attached hydrogen (secondary N) is 1. The van der Waals surface area contributed by atoms with Gasteiger partial charge in [-0.2, -0.15) is 17.5 Å². The molecule has 2 fully saturated rings. The highest BCUT2D eigenvalue weighted by Gasteiger charge is 2.48. The first-order valence-electron chi connectivity index (χ1n) is 15.5. The van der Waals surface area contributed by atoms with E-state index in [0.29, 0.717) is 37.2 Å². The summed E-state index contributed by atoms with van der Waals surface area (Å²) in [6.45, 7) is 9.35. The van der Waals surface area contributed by atoms with Crippen LogP contribution in [0.1, 0.15) is 88.8 Å². The molecule has 1 aliphatic carbocycles. The average molecular weight is 655 g/mol. The minimum atomic E-state index is -4.14. The Kier molecular flexibility index (Phi) is 10.1. The summed E-state index contributed by atoms with van der Waals surface area (Å²) in [6, 6.07) is 3.61. The first kappa shape index (κ1) is 34.9. The lowest BCUT2D eigenvalue weighted by molar-refractivity contribution is -0.138. The van der Waals surface area contributed by atoms with Crippen molar-refractivity contribution in [1.29, 1.82) is 0 Å². The first-order chi connectivity index (χ1) is 20.8. The van der Waals surface area contributed by atoms with Gasteiger partial charge >= 0.3 is 12.3 Å². The van der Waals surface area contributed by atoms with Crippen LogP contribution >= 0.6 is 0 Å². The molecule has 45 heavy (non-hydrogen) atoms. The second-order valence-electron chi connectivity index (χ2n) is 13.6. The number of benzene rings is 1. The summed E-state index contributed by atoms with van der Waals surface area (Å²) < 4.78 is 71.2. The number of aryl methyl sites for hydroxylation is 2. The average Bonchev–Trinajstić information content (AvgIpc) is 3.25. The molecule has 0 bridgehead atoms. The summed E-state index contributed by atoms with van der Waals surface area (Å²) in [5.41, 5.74) is 1.30. The number of ether oxygens (including phenoxy) is 1. The number of amidine groups is 1. The van der Waals surface area contributed by atoms with Crippen molar-refractivity contribution in [1.82, 2.24) is 9.62 Å². The van der Waals surface area contributed by atoms with E-state index >= 15 is 0 Å². The number of halogens is 3. The van der Waals surface area contributed by atoms with Gasteiger partial charge < -0.3 is 10.1 Å². The largest absolute Gasteiger partial charge is 0.443 e. The maximum absolute atomic E-state index is 13.3. The predicted molar refractivity (Wildman–Crippen MR) is 168 cm³/mol. The lowest BCUT2D eigenvalue weighted by atomic mass is 9.79. The maximum atomic E-state index is 13.3. The summed E-state index contributed by atoms with van der Waals surface area (Å²) in [6.07, 6.45) is -0.507. The van der Waals surface area contributed by atoms with Gasteiger partial charge in [-0.05, 0) is 120 Å². The molecule has 1 spiro atoms. The Labute approximate surface area is 264 Å². The van der Waals surface area contributed by atoms with Gasteiger partial charge in [0.05, 0.1) is 0 Å². The Morgan fingerprint density at radius 3 is 2.22 bits per heavy atom. The van der Waals surface area contributed by atoms with Crippen molar-refractivity contribution in [2.45, 2.75) is 103 Å². The quantitative estimate of drug-likeness (QED) is 0.362. The van der Waals surface area contributed by atoms with Crippen LogP contribution in [0.3, 0.4) is 0 Å². The normalized spacial score (nSPS) is 22.9. The van der Waals surface area contributed by atoms with Crippen LogP contribution in [0.5, 0.6) is 0 Å². The van der Waals surface area contributed by atoms with Crippen molar-refractivity contribution in [3.05, 3.63) is 34.2 Å². The molecule has 3 aliphatic rings. The number of aliphatic imine (C=N–C) groups is 1. The van der Waals surface area contributed by atoms with Gasteiger partial charge in [-0.15, -0.1) is 0 Å². The topological polar surface area (TPSA) is 108 Å². The molecule has 0 atom stereocenters. The third kappa shape index (κ3) is 8.66. The molecule has 1 aromatic rings. The van der Waals surface area contributed by atoms with Crippen molar-refractivity contribution in [2.75, 3.05) is 25.0 Å². The van der Waals surface area contributed by atoms with Crippen molar-refractivity contribution in [2.24, 2.45) is 16.8 Å². The standard InChI is InChI=1S/C32H45F3N4O5S/c1-21-19-25(38(6)29(41)44-30(3,4)5)20-22(2)26(21)12-18-45(42,43)39-16-14-31(15-17-39)28(40)36-27(37-31)24-9-7-23(8-10-24)11-13-32(33,34)35/h12,18-20,23-24H,7-11,13-17H2,1-6H3,(H,36,37,40). The number of amides is 2. The highest BCUT2D eigenvalue weighted by molar-refractivity contribution is 7.92. The minimum Gasteiger partial charge on any atom is -0.443 e. The van der Waals surface area contributed by atoms with Gasteiger partial charge in [0, 0.05) is 43.6 Å². The number of piperidine rings is 1. The zero-order chi connectivity index (χ0) is 33.4.